The van der Waals surface area contributed by atoms with E-state index in [1.54, 1.807) is 13.4 Å². The Bertz CT molecular complexity index is 325. The van der Waals surface area contributed by atoms with Crippen LogP contribution in [0.1, 0.15) is 123 Å². The van der Waals surface area contributed by atoms with Crippen molar-refractivity contribution in [3.63, 3.8) is 0 Å². The fourth-order valence-corrected chi connectivity index (χ4v) is 3.47. The monoisotopic (exact) mass is 428 g/mol. The molecule has 0 aliphatic rings. The molecule has 0 aromatic rings. The largest absolute Gasteiger partial charge is 0.476 e. The van der Waals surface area contributed by atoms with Gasteiger partial charge >= 0.3 is 0 Å². The highest BCUT2D eigenvalue weighted by Crippen LogP contribution is 2.15. The molecule has 0 atom stereocenters. The molecule has 0 fully saturated rings. The Morgan fingerprint density at radius 1 is 0.633 bits per heavy atom. The van der Waals surface area contributed by atoms with Crippen molar-refractivity contribution in [2.75, 3.05) is 27.1 Å². The van der Waals surface area contributed by atoms with Crippen molar-refractivity contribution in [2.45, 2.75) is 129 Å². The molecule has 180 valence electrons. The average Bonchev–Trinajstić information content (AvgIpc) is 2.76. The molecule has 0 saturated heterocycles. The van der Waals surface area contributed by atoms with Crippen LogP contribution in [0.5, 0.6) is 0 Å². The van der Waals surface area contributed by atoms with Gasteiger partial charge in [-0.15, -0.1) is 0 Å². The molecule has 0 unspecified atom stereocenters. The Hall–Kier alpha value is -0.580. The minimum Gasteiger partial charge on any atom is -0.476 e. The van der Waals surface area contributed by atoms with Crippen LogP contribution in [0.4, 0.5) is 0 Å². The van der Waals surface area contributed by atoms with Crippen LogP contribution in [0.15, 0.2) is 12.3 Å². The van der Waals surface area contributed by atoms with Gasteiger partial charge in [0.1, 0.15) is 0 Å². The van der Waals surface area contributed by atoms with Crippen LogP contribution in [0.3, 0.4) is 0 Å². The topological polar surface area (TPSA) is 36.9 Å². The Labute approximate surface area is 188 Å². The predicted molar refractivity (Wildman–Crippen MR) is 128 cm³/mol. The van der Waals surface area contributed by atoms with Gasteiger partial charge in [0, 0.05) is 20.3 Å². The Morgan fingerprint density at radius 2 is 1.10 bits per heavy atom. The lowest BCUT2D eigenvalue weighted by molar-refractivity contribution is -0.146. The van der Waals surface area contributed by atoms with Crippen LogP contribution < -0.4 is 0 Å². The molecule has 0 saturated carbocycles. The highest BCUT2D eigenvalue weighted by Gasteiger charge is 2.08. The zero-order valence-electron chi connectivity index (χ0n) is 20.5. The first-order chi connectivity index (χ1) is 14.8. The maximum atomic E-state index is 5.80. The molecule has 0 spiro atoms. The third-order valence-electron chi connectivity index (χ3n) is 5.20. The fraction of sp³-hybridized carbons (Fsp3) is 0.923. The number of rotatable bonds is 25. The molecular formula is C26H52O4. The van der Waals surface area contributed by atoms with Gasteiger partial charge in [-0.2, -0.15) is 0 Å². The second-order valence-corrected chi connectivity index (χ2v) is 8.29. The van der Waals surface area contributed by atoms with Gasteiger partial charge in [0.15, 0.2) is 13.1 Å². The van der Waals surface area contributed by atoms with Crippen molar-refractivity contribution in [3.05, 3.63) is 12.3 Å². The third kappa shape index (κ3) is 23.7. The molecule has 0 bridgehead atoms. The summed E-state index contributed by atoms with van der Waals surface area (Å²) >= 11 is 0. The summed E-state index contributed by atoms with van der Waals surface area (Å²) in [6.45, 7) is 6.28. The summed E-state index contributed by atoms with van der Waals surface area (Å²) in [5, 5.41) is 0. The van der Waals surface area contributed by atoms with Crippen LogP contribution in [-0.2, 0) is 18.9 Å². The first kappa shape index (κ1) is 29.4. The van der Waals surface area contributed by atoms with E-state index >= 15 is 0 Å². The second kappa shape index (κ2) is 26.5. The highest BCUT2D eigenvalue weighted by atomic mass is 16.7. The van der Waals surface area contributed by atoms with E-state index in [9.17, 15) is 0 Å². The first-order valence-electron chi connectivity index (χ1n) is 12.8. The molecule has 0 aliphatic carbocycles. The van der Waals surface area contributed by atoms with E-state index in [1.807, 2.05) is 0 Å². The van der Waals surface area contributed by atoms with Crippen LogP contribution in [0.2, 0.25) is 0 Å². The number of ether oxygens (including phenoxy) is 4. The van der Waals surface area contributed by atoms with Gasteiger partial charge in [-0.1, -0.05) is 84.5 Å². The van der Waals surface area contributed by atoms with E-state index in [0.717, 1.165) is 38.9 Å². The van der Waals surface area contributed by atoms with E-state index in [0.29, 0.717) is 6.79 Å². The predicted octanol–water partition coefficient (Wildman–Crippen LogP) is 8.15. The van der Waals surface area contributed by atoms with E-state index in [4.69, 9.17) is 18.9 Å². The van der Waals surface area contributed by atoms with Crippen LogP contribution in [0.25, 0.3) is 0 Å². The van der Waals surface area contributed by atoms with Crippen LogP contribution >= 0.6 is 0 Å². The van der Waals surface area contributed by atoms with E-state index in [-0.39, 0.29) is 6.29 Å². The zero-order chi connectivity index (χ0) is 22.0. The number of hydrogen-bond donors (Lipinski definition) is 0. The SMILES string of the molecule is CCCOC(CCCCCCCCCCCCCCCC=COCOC)OCCC. The Morgan fingerprint density at radius 3 is 1.57 bits per heavy atom. The van der Waals surface area contributed by atoms with Crippen molar-refractivity contribution in [2.24, 2.45) is 0 Å². The number of hydrogen-bond acceptors (Lipinski definition) is 4. The van der Waals surface area contributed by atoms with E-state index in [1.165, 1.54) is 83.5 Å². The summed E-state index contributed by atoms with van der Waals surface area (Å²) in [6, 6.07) is 0. The van der Waals surface area contributed by atoms with Gasteiger partial charge < -0.3 is 18.9 Å². The maximum absolute atomic E-state index is 5.80. The standard InChI is InChI=1S/C26H52O4/c1-4-22-29-26(30-23-5-2)21-19-17-15-13-11-9-7-6-8-10-12-14-16-18-20-24-28-25-27-3/h20,24,26H,4-19,21-23,25H2,1-3H3. The van der Waals surface area contributed by atoms with Crippen LogP contribution in [0, 0.1) is 0 Å². The summed E-state index contributed by atoms with van der Waals surface area (Å²) < 4.78 is 21.5. The molecule has 4 nitrogen and oxygen atoms in total. The van der Waals surface area contributed by atoms with Gasteiger partial charge in [-0.05, 0) is 44.6 Å². The fourth-order valence-electron chi connectivity index (χ4n) is 3.47. The van der Waals surface area contributed by atoms with E-state index in [2.05, 4.69) is 19.9 Å². The molecule has 0 heterocycles. The van der Waals surface area contributed by atoms with Gasteiger partial charge in [-0.25, -0.2) is 0 Å². The highest BCUT2D eigenvalue weighted by molar-refractivity contribution is 4.72. The molecule has 30 heavy (non-hydrogen) atoms. The van der Waals surface area contributed by atoms with Gasteiger partial charge in [-0.3, -0.25) is 0 Å². The summed E-state index contributed by atoms with van der Waals surface area (Å²) in [5.41, 5.74) is 0. The Balaban J connectivity index is 3.25. The van der Waals surface area contributed by atoms with Crippen LogP contribution in [-0.4, -0.2) is 33.4 Å². The van der Waals surface area contributed by atoms with E-state index < -0.39 is 0 Å². The number of methoxy groups -OCH3 is 1. The molecule has 0 aliphatic heterocycles. The minimum absolute atomic E-state index is 0.0243. The minimum atomic E-state index is 0.0243. The lowest BCUT2D eigenvalue weighted by atomic mass is 10.0. The van der Waals surface area contributed by atoms with Gasteiger partial charge in [0.05, 0.1) is 6.26 Å². The summed E-state index contributed by atoms with van der Waals surface area (Å²) in [4.78, 5) is 0. The average molecular weight is 429 g/mol. The molecular weight excluding hydrogens is 376 g/mol. The van der Waals surface area contributed by atoms with Crippen molar-refractivity contribution in [3.8, 4) is 0 Å². The molecule has 0 rings (SSSR count). The maximum Gasteiger partial charge on any atom is 0.187 e. The molecule has 0 aromatic carbocycles. The lowest BCUT2D eigenvalue weighted by Gasteiger charge is -2.18. The van der Waals surface area contributed by atoms with Crippen molar-refractivity contribution >= 4 is 0 Å². The van der Waals surface area contributed by atoms with Crippen molar-refractivity contribution < 1.29 is 18.9 Å². The third-order valence-corrected chi connectivity index (χ3v) is 5.20. The smallest absolute Gasteiger partial charge is 0.187 e. The Kier molecular flexibility index (Phi) is 25.9. The van der Waals surface area contributed by atoms with Crippen molar-refractivity contribution in [1.82, 2.24) is 0 Å². The second-order valence-electron chi connectivity index (χ2n) is 8.29. The normalized spacial score (nSPS) is 11.7. The molecule has 0 N–H and O–H groups in total. The summed E-state index contributed by atoms with van der Waals surface area (Å²) in [6.07, 6.45) is 25.9. The quantitative estimate of drug-likeness (QED) is 0.0835. The molecule has 0 aromatic heterocycles. The number of allylic oxidation sites excluding steroid dienone is 1. The van der Waals surface area contributed by atoms with Gasteiger partial charge in [0.2, 0.25) is 0 Å². The summed E-state index contributed by atoms with van der Waals surface area (Å²) in [7, 11) is 1.64. The lowest BCUT2D eigenvalue weighted by Crippen LogP contribution is -2.18. The molecule has 0 amide bonds. The zero-order valence-corrected chi connectivity index (χ0v) is 20.5. The number of unbranched alkanes of at least 4 members (excludes halogenated alkanes) is 13. The first-order valence-corrected chi connectivity index (χ1v) is 12.8. The molecule has 0 radical (unpaired) electrons. The molecule has 4 heteroatoms. The summed E-state index contributed by atoms with van der Waals surface area (Å²) in [5.74, 6) is 0. The van der Waals surface area contributed by atoms with Gasteiger partial charge in [0.25, 0.3) is 0 Å². The van der Waals surface area contributed by atoms with Crippen molar-refractivity contribution in [1.29, 1.82) is 0 Å².